The molecule has 8 nitrogen and oxygen atoms in total. The Kier molecular flexibility index (Phi) is 5.27. The van der Waals surface area contributed by atoms with Gasteiger partial charge in [-0.05, 0) is 6.07 Å². The van der Waals surface area contributed by atoms with E-state index in [4.69, 9.17) is 18.9 Å². The maximum absolute atomic E-state index is 5.98. The monoisotopic (exact) mass is 332 g/mol. The zero-order valence-electron chi connectivity index (χ0n) is 13.6. The predicted molar refractivity (Wildman–Crippen MR) is 86.6 cm³/mol. The van der Waals surface area contributed by atoms with Crippen LogP contribution in [0.25, 0.3) is 0 Å². The van der Waals surface area contributed by atoms with Gasteiger partial charge in [-0.15, -0.1) is 0 Å². The Labute approximate surface area is 140 Å². The van der Waals surface area contributed by atoms with Crippen LogP contribution < -0.4 is 19.5 Å². The molecule has 0 unspecified atom stereocenters. The van der Waals surface area contributed by atoms with Crippen LogP contribution in [0.3, 0.4) is 0 Å². The predicted octanol–water partition coefficient (Wildman–Crippen LogP) is 1.54. The van der Waals surface area contributed by atoms with E-state index in [1.807, 2.05) is 18.2 Å². The van der Waals surface area contributed by atoms with Gasteiger partial charge in [0.15, 0.2) is 0 Å². The van der Waals surface area contributed by atoms with Gasteiger partial charge >= 0.3 is 0 Å². The van der Waals surface area contributed by atoms with Gasteiger partial charge in [-0.1, -0.05) is 6.07 Å². The van der Waals surface area contributed by atoms with E-state index in [1.165, 1.54) is 0 Å². The van der Waals surface area contributed by atoms with Gasteiger partial charge in [0.2, 0.25) is 23.6 Å². The third-order valence-corrected chi connectivity index (χ3v) is 3.61. The first-order valence-corrected chi connectivity index (χ1v) is 7.67. The molecule has 2 aromatic rings. The van der Waals surface area contributed by atoms with Gasteiger partial charge in [0.05, 0.1) is 39.5 Å². The molecule has 1 aliphatic rings. The summed E-state index contributed by atoms with van der Waals surface area (Å²) in [7, 11) is 3.09. The maximum Gasteiger partial charge on any atom is 0.229 e. The van der Waals surface area contributed by atoms with E-state index in [9.17, 15) is 0 Å². The van der Waals surface area contributed by atoms with E-state index >= 15 is 0 Å². The van der Waals surface area contributed by atoms with Crippen molar-refractivity contribution in [2.75, 3.05) is 32.8 Å². The van der Waals surface area contributed by atoms with Crippen molar-refractivity contribution in [2.45, 2.75) is 18.6 Å². The minimum absolute atomic E-state index is 0.102. The molecule has 128 valence electrons. The van der Waals surface area contributed by atoms with Gasteiger partial charge in [-0.2, -0.15) is 9.97 Å². The topological polar surface area (TPSA) is 87.6 Å². The van der Waals surface area contributed by atoms with Gasteiger partial charge in [0.1, 0.15) is 6.10 Å². The lowest BCUT2D eigenvalue weighted by molar-refractivity contribution is 0.0127. The summed E-state index contributed by atoms with van der Waals surface area (Å²) in [6, 6.07) is 7.07. The number of pyridine rings is 1. The number of anilines is 1. The molecule has 24 heavy (non-hydrogen) atoms. The van der Waals surface area contributed by atoms with Crippen molar-refractivity contribution < 1.29 is 18.9 Å². The Morgan fingerprint density at radius 1 is 1.12 bits per heavy atom. The lowest BCUT2D eigenvalue weighted by Crippen LogP contribution is -2.46. The molecule has 0 amide bonds. The third-order valence-electron chi connectivity index (χ3n) is 3.61. The summed E-state index contributed by atoms with van der Waals surface area (Å²) in [5, 5.41) is 3.24. The van der Waals surface area contributed by atoms with Crippen LogP contribution in [-0.4, -0.2) is 54.5 Å². The van der Waals surface area contributed by atoms with E-state index in [1.54, 1.807) is 26.5 Å². The average Bonchev–Trinajstić information content (AvgIpc) is 2.64. The Hall–Kier alpha value is -2.61. The van der Waals surface area contributed by atoms with Crippen LogP contribution >= 0.6 is 0 Å². The highest BCUT2D eigenvalue weighted by atomic mass is 16.5. The molecule has 2 atom stereocenters. The number of rotatable bonds is 6. The van der Waals surface area contributed by atoms with Crippen molar-refractivity contribution in [3.05, 3.63) is 30.5 Å². The quantitative estimate of drug-likeness (QED) is 0.852. The second-order valence-corrected chi connectivity index (χ2v) is 5.21. The molecule has 1 saturated heterocycles. The van der Waals surface area contributed by atoms with E-state index in [0.29, 0.717) is 36.8 Å². The first-order valence-electron chi connectivity index (χ1n) is 7.67. The van der Waals surface area contributed by atoms with Crippen molar-refractivity contribution in [3.8, 4) is 17.6 Å². The van der Waals surface area contributed by atoms with Gasteiger partial charge < -0.3 is 24.3 Å². The number of methoxy groups -OCH3 is 2. The number of hydrogen-bond donors (Lipinski definition) is 1. The highest BCUT2D eigenvalue weighted by Crippen LogP contribution is 2.21. The fourth-order valence-electron chi connectivity index (χ4n) is 2.41. The minimum Gasteiger partial charge on any atom is -0.481 e. The second-order valence-electron chi connectivity index (χ2n) is 5.21. The number of ether oxygens (including phenoxy) is 4. The van der Waals surface area contributed by atoms with Crippen molar-refractivity contribution in [1.29, 1.82) is 0 Å². The van der Waals surface area contributed by atoms with Crippen molar-refractivity contribution >= 4 is 5.95 Å². The first kappa shape index (κ1) is 16.3. The fraction of sp³-hybridized carbons (Fsp3) is 0.438. The Bertz CT molecular complexity index is 634. The van der Waals surface area contributed by atoms with Crippen LogP contribution in [0.5, 0.6) is 17.6 Å². The van der Waals surface area contributed by atoms with Crippen LogP contribution in [-0.2, 0) is 4.74 Å². The third kappa shape index (κ3) is 4.02. The van der Waals surface area contributed by atoms with Crippen LogP contribution in [0, 0.1) is 0 Å². The molecule has 0 aromatic carbocycles. The standard InChI is InChI=1S/C16H20N4O4/c1-21-14-9-15(22-2)20-16(19-14)18-11-10-23-8-6-12(11)24-13-5-3-4-7-17-13/h3-5,7,9,11-12H,6,8,10H2,1-2H3,(H,18,19,20)/t11-,12-/m1/s1. The van der Waals surface area contributed by atoms with Gasteiger partial charge in [0, 0.05) is 18.7 Å². The van der Waals surface area contributed by atoms with Crippen LogP contribution in [0.1, 0.15) is 6.42 Å². The van der Waals surface area contributed by atoms with E-state index in [-0.39, 0.29) is 12.1 Å². The summed E-state index contributed by atoms with van der Waals surface area (Å²) >= 11 is 0. The maximum atomic E-state index is 5.98. The molecular formula is C16H20N4O4. The smallest absolute Gasteiger partial charge is 0.229 e. The first-order chi connectivity index (χ1) is 11.8. The molecule has 1 fully saturated rings. The molecule has 1 N–H and O–H groups in total. The zero-order valence-corrected chi connectivity index (χ0v) is 13.6. The largest absolute Gasteiger partial charge is 0.481 e. The number of aromatic nitrogens is 3. The van der Waals surface area contributed by atoms with E-state index < -0.39 is 0 Å². The molecular weight excluding hydrogens is 312 g/mol. The lowest BCUT2D eigenvalue weighted by atomic mass is 10.1. The lowest BCUT2D eigenvalue weighted by Gasteiger charge is -2.32. The Morgan fingerprint density at radius 3 is 2.58 bits per heavy atom. The van der Waals surface area contributed by atoms with Crippen molar-refractivity contribution in [2.24, 2.45) is 0 Å². The SMILES string of the molecule is COc1cc(OC)nc(N[C@@H]2COCC[C@H]2Oc2ccccn2)n1. The van der Waals surface area contributed by atoms with Crippen LogP contribution in [0.4, 0.5) is 5.95 Å². The number of nitrogens with one attached hydrogen (secondary N) is 1. The van der Waals surface area contributed by atoms with Crippen molar-refractivity contribution in [1.82, 2.24) is 15.0 Å². The normalized spacial score (nSPS) is 20.2. The van der Waals surface area contributed by atoms with Gasteiger partial charge in [-0.25, -0.2) is 4.98 Å². The number of nitrogens with zero attached hydrogens (tertiary/aromatic N) is 3. The van der Waals surface area contributed by atoms with Gasteiger partial charge in [0.25, 0.3) is 0 Å². The summed E-state index contributed by atoms with van der Waals surface area (Å²) in [5.74, 6) is 1.82. The van der Waals surface area contributed by atoms with Gasteiger partial charge in [-0.3, -0.25) is 0 Å². The summed E-state index contributed by atoms with van der Waals surface area (Å²) in [4.78, 5) is 12.8. The number of hydrogen-bond acceptors (Lipinski definition) is 8. The summed E-state index contributed by atoms with van der Waals surface area (Å²) in [6.45, 7) is 1.12. The molecule has 0 bridgehead atoms. The van der Waals surface area contributed by atoms with E-state index in [2.05, 4.69) is 20.3 Å². The Morgan fingerprint density at radius 2 is 1.92 bits per heavy atom. The second kappa shape index (κ2) is 7.78. The van der Waals surface area contributed by atoms with Crippen LogP contribution in [0.2, 0.25) is 0 Å². The molecule has 0 radical (unpaired) electrons. The molecule has 0 spiro atoms. The highest BCUT2D eigenvalue weighted by molar-refractivity contribution is 5.35. The molecule has 3 rings (SSSR count). The molecule has 8 heteroatoms. The highest BCUT2D eigenvalue weighted by Gasteiger charge is 2.29. The van der Waals surface area contributed by atoms with Crippen molar-refractivity contribution in [3.63, 3.8) is 0 Å². The molecule has 2 aromatic heterocycles. The average molecular weight is 332 g/mol. The minimum atomic E-state index is -0.113. The fourth-order valence-corrected chi connectivity index (χ4v) is 2.41. The summed E-state index contributed by atoms with van der Waals surface area (Å²) < 4.78 is 21.9. The zero-order chi connectivity index (χ0) is 16.8. The summed E-state index contributed by atoms with van der Waals surface area (Å²) in [6.07, 6.45) is 2.34. The molecule has 1 aliphatic heterocycles. The molecule has 3 heterocycles. The van der Waals surface area contributed by atoms with E-state index in [0.717, 1.165) is 6.42 Å². The summed E-state index contributed by atoms with van der Waals surface area (Å²) in [5.41, 5.74) is 0. The van der Waals surface area contributed by atoms with Crippen LogP contribution in [0.15, 0.2) is 30.5 Å². The Balaban J connectivity index is 1.74. The molecule has 0 saturated carbocycles. The molecule has 0 aliphatic carbocycles.